The SMILES string of the molecule is C=CCOC(=O)c1ccc(-c2ccc(/C=N/O)o2)cc1. The maximum absolute atomic E-state index is 11.6. The summed E-state index contributed by atoms with van der Waals surface area (Å²) in [5.74, 6) is 0.659. The number of furan rings is 1. The molecule has 0 spiro atoms. The van der Waals surface area contributed by atoms with Gasteiger partial charge in [0.05, 0.1) is 5.56 Å². The Bertz CT molecular complexity index is 626. The van der Waals surface area contributed by atoms with Gasteiger partial charge in [0.25, 0.3) is 0 Å². The van der Waals surface area contributed by atoms with E-state index < -0.39 is 5.97 Å². The van der Waals surface area contributed by atoms with E-state index in [1.54, 1.807) is 36.4 Å². The van der Waals surface area contributed by atoms with Gasteiger partial charge in [0.2, 0.25) is 0 Å². The fourth-order valence-electron chi connectivity index (χ4n) is 1.62. The quantitative estimate of drug-likeness (QED) is 0.298. The summed E-state index contributed by atoms with van der Waals surface area (Å²) < 4.78 is 10.4. The van der Waals surface area contributed by atoms with E-state index in [1.807, 2.05) is 0 Å². The lowest BCUT2D eigenvalue weighted by Gasteiger charge is -2.02. The zero-order valence-corrected chi connectivity index (χ0v) is 10.7. The van der Waals surface area contributed by atoms with Crippen LogP contribution in [-0.4, -0.2) is 24.0 Å². The van der Waals surface area contributed by atoms with Crippen molar-refractivity contribution in [1.29, 1.82) is 0 Å². The van der Waals surface area contributed by atoms with Crippen LogP contribution >= 0.6 is 0 Å². The van der Waals surface area contributed by atoms with Crippen LogP contribution in [0.25, 0.3) is 11.3 Å². The minimum Gasteiger partial charge on any atom is -0.458 e. The highest BCUT2D eigenvalue weighted by atomic mass is 16.5. The van der Waals surface area contributed by atoms with Crippen LogP contribution in [0.5, 0.6) is 0 Å². The molecule has 1 aromatic carbocycles. The molecule has 0 aliphatic heterocycles. The summed E-state index contributed by atoms with van der Waals surface area (Å²) in [5, 5.41) is 11.3. The maximum Gasteiger partial charge on any atom is 0.338 e. The van der Waals surface area contributed by atoms with Gasteiger partial charge in [-0.3, -0.25) is 0 Å². The normalized spacial score (nSPS) is 10.6. The van der Waals surface area contributed by atoms with Crippen molar-refractivity contribution in [3.8, 4) is 11.3 Å². The van der Waals surface area contributed by atoms with Crippen molar-refractivity contribution < 1.29 is 19.2 Å². The molecule has 0 saturated carbocycles. The molecule has 0 radical (unpaired) electrons. The first-order chi connectivity index (χ1) is 9.74. The molecule has 1 heterocycles. The molecule has 1 N–H and O–H groups in total. The van der Waals surface area contributed by atoms with Crippen LogP contribution < -0.4 is 0 Å². The molecule has 5 nitrogen and oxygen atoms in total. The van der Waals surface area contributed by atoms with E-state index in [9.17, 15) is 4.79 Å². The summed E-state index contributed by atoms with van der Waals surface area (Å²) in [7, 11) is 0. The number of carbonyl (C=O) groups excluding carboxylic acids is 1. The number of hydrogen-bond acceptors (Lipinski definition) is 5. The molecule has 0 unspecified atom stereocenters. The van der Waals surface area contributed by atoms with Gasteiger partial charge in [0.15, 0.2) is 0 Å². The highest BCUT2D eigenvalue weighted by Gasteiger charge is 2.08. The van der Waals surface area contributed by atoms with Crippen LogP contribution in [0.3, 0.4) is 0 Å². The third kappa shape index (κ3) is 3.14. The summed E-state index contributed by atoms with van der Waals surface area (Å²) in [5.41, 5.74) is 1.27. The van der Waals surface area contributed by atoms with Crippen LogP contribution in [0, 0.1) is 0 Å². The Hall–Kier alpha value is -2.82. The van der Waals surface area contributed by atoms with Gasteiger partial charge < -0.3 is 14.4 Å². The average Bonchev–Trinajstić information content (AvgIpc) is 2.94. The molecule has 0 amide bonds. The zero-order valence-electron chi connectivity index (χ0n) is 10.7. The maximum atomic E-state index is 11.6. The Balaban J connectivity index is 2.14. The van der Waals surface area contributed by atoms with Crippen LogP contribution in [-0.2, 0) is 4.74 Å². The van der Waals surface area contributed by atoms with Crippen LogP contribution in [0.2, 0.25) is 0 Å². The summed E-state index contributed by atoms with van der Waals surface area (Å²) in [4.78, 5) is 11.6. The molecular formula is C15H13NO4. The van der Waals surface area contributed by atoms with Crippen molar-refractivity contribution in [1.82, 2.24) is 0 Å². The number of rotatable bonds is 5. The van der Waals surface area contributed by atoms with Crippen LogP contribution in [0.1, 0.15) is 16.1 Å². The highest BCUT2D eigenvalue weighted by Crippen LogP contribution is 2.22. The van der Waals surface area contributed by atoms with E-state index >= 15 is 0 Å². The summed E-state index contributed by atoms with van der Waals surface area (Å²) in [6, 6.07) is 10.3. The first-order valence-corrected chi connectivity index (χ1v) is 5.90. The Kier molecular flexibility index (Phi) is 4.34. The predicted molar refractivity (Wildman–Crippen MR) is 74.0 cm³/mol. The molecule has 0 atom stereocenters. The molecule has 0 fully saturated rings. The predicted octanol–water partition coefficient (Wildman–Crippen LogP) is 3.10. The molecule has 20 heavy (non-hydrogen) atoms. The lowest BCUT2D eigenvalue weighted by molar-refractivity contribution is 0.0550. The number of oxime groups is 1. The van der Waals surface area contributed by atoms with E-state index in [-0.39, 0.29) is 6.61 Å². The average molecular weight is 271 g/mol. The van der Waals surface area contributed by atoms with Gasteiger partial charge in [-0.05, 0) is 24.3 Å². The topological polar surface area (TPSA) is 72.0 Å². The largest absolute Gasteiger partial charge is 0.458 e. The first kappa shape index (κ1) is 13.6. The van der Waals surface area contributed by atoms with Crippen molar-refractivity contribution >= 4 is 12.2 Å². The van der Waals surface area contributed by atoms with E-state index in [1.165, 1.54) is 12.3 Å². The Morgan fingerprint density at radius 2 is 2.05 bits per heavy atom. The molecule has 102 valence electrons. The lowest BCUT2D eigenvalue weighted by atomic mass is 10.1. The summed E-state index contributed by atoms with van der Waals surface area (Å²) in [6.07, 6.45) is 2.71. The third-order valence-electron chi connectivity index (χ3n) is 2.55. The molecule has 2 aromatic rings. The minimum absolute atomic E-state index is 0.183. The van der Waals surface area contributed by atoms with Gasteiger partial charge in [0, 0.05) is 5.56 Å². The number of nitrogens with zero attached hydrogens (tertiary/aromatic N) is 1. The number of benzene rings is 1. The smallest absolute Gasteiger partial charge is 0.338 e. The second-order valence-electron chi connectivity index (χ2n) is 3.91. The van der Waals surface area contributed by atoms with Gasteiger partial charge in [-0.15, -0.1) is 0 Å². The fraction of sp³-hybridized carbons (Fsp3) is 0.0667. The van der Waals surface area contributed by atoms with Gasteiger partial charge in [0.1, 0.15) is 24.3 Å². The third-order valence-corrected chi connectivity index (χ3v) is 2.55. The highest BCUT2D eigenvalue weighted by molar-refractivity contribution is 5.90. The van der Waals surface area contributed by atoms with Crippen LogP contribution in [0.4, 0.5) is 0 Å². The van der Waals surface area contributed by atoms with Crippen molar-refractivity contribution in [2.75, 3.05) is 6.61 Å². The second-order valence-corrected chi connectivity index (χ2v) is 3.91. The standard InChI is InChI=1S/C15H13NO4/c1-2-9-19-15(17)12-5-3-11(4-6-12)14-8-7-13(20-14)10-16-18/h2-8,10,18H,1,9H2/b16-10+. The monoisotopic (exact) mass is 271 g/mol. The molecule has 2 rings (SSSR count). The molecule has 0 saturated heterocycles. The Morgan fingerprint density at radius 3 is 2.70 bits per heavy atom. The number of esters is 1. The lowest BCUT2D eigenvalue weighted by Crippen LogP contribution is -2.04. The van der Waals surface area contributed by atoms with E-state index in [2.05, 4.69) is 11.7 Å². The first-order valence-electron chi connectivity index (χ1n) is 5.90. The van der Waals surface area contributed by atoms with E-state index in [0.29, 0.717) is 17.1 Å². The fourth-order valence-corrected chi connectivity index (χ4v) is 1.62. The molecule has 1 aromatic heterocycles. The number of ether oxygens (including phenoxy) is 1. The van der Waals surface area contributed by atoms with Gasteiger partial charge >= 0.3 is 5.97 Å². The number of carbonyl (C=O) groups is 1. The van der Waals surface area contributed by atoms with Crippen LogP contribution in [0.15, 0.2) is 58.6 Å². The van der Waals surface area contributed by atoms with Gasteiger partial charge in [-0.25, -0.2) is 4.79 Å². The zero-order chi connectivity index (χ0) is 14.4. The van der Waals surface area contributed by atoms with E-state index in [4.69, 9.17) is 14.4 Å². The van der Waals surface area contributed by atoms with Crippen molar-refractivity contribution in [2.24, 2.45) is 5.16 Å². The van der Waals surface area contributed by atoms with Gasteiger partial charge in [-0.1, -0.05) is 29.9 Å². The molecule has 0 aliphatic rings. The summed E-state index contributed by atoms with van der Waals surface area (Å²) in [6.45, 7) is 3.66. The van der Waals surface area contributed by atoms with Crippen molar-refractivity contribution in [3.05, 3.63) is 60.4 Å². The molecule has 0 aliphatic carbocycles. The van der Waals surface area contributed by atoms with E-state index in [0.717, 1.165) is 5.56 Å². The van der Waals surface area contributed by atoms with Crippen molar-refractivity contribution in [3.63, 3.8) is 0 Å². The Morgan fingerprint density at radius 1 is 1.30 bits per heavy atom. The van der Waals surface area contributed by atoms with Crippen molar-refractivity contribution in [2.45, 2.75) is 0 Å². The second kappa shape index (κ2) is 6.38. The minimum atomic E-state index is -0.399. The summed E-state index contributed by atoms with van der Waals surface area (Å²) >= 11 is 0. The molecule has 0 bridgehead atoms. The Labute approximate surface area is 115 Å². The molecule has 5 heteroatoms. The molecular weight excluding hydrogens is 258 g/mol. The van der Waals surface area contributed by atoms with Gasteiger partial charge in [-0.2, -0.15) is 0 Å². The number of hydrogen-bond donors (Lipinski definition) is 1.